The summed E-state index contributed by atoms with van der Waals surface area (Å²) in [7, 11) is -1.86. The number of nitrogens with zero attached hydrogens (tertiary/aromatic N) is 3. The Morgan fingerprint density at radius 2 is 2.17 bits per heavy atom. The summed E-state index contributed by atoms with van der Waals surface area (Å²) in [5.74, 6) is 0. The lowest BCUT2D eigenvalue weighted by Crippen LogP contribution is -2.24. The standard InChI is InChI=1S/C11H14N4O2S/c1-9-11(8-15(2)14-9)18(16,17)13-7-10-5-3-4-6-12-10/h3-6,8,13H,7H2,1-2H3. The van der Waals surface area contributed by atoms with Gasteiger partial charge >= 0.3 is 0 Å². The average Bonchev–Trinajstić information content (AvgIpc) is 2.68. The third-order valence-corrected chi connectivity index (χ3v) is 3.93. The normalized spacial score (nSPS) is 11.7. The van der Waals surface area contributed by atoms with Gasteiger partial charge in [-0.05, 0) is 19.1 Å². The summed E-state index contributed by atoms with van der Waals surface area (Å²) < 4.78 is 28.1. The van der Waals surface area contributed by atoms with Crippen molar-refractivity contribution in [2.45, 2.75) is 18.4 Å². The van der Waals surface area contributed by atoms with E-state index in [4.69, 9.17) is 0 Å². The van der Waals surface area contributed by atoms with Gasteiger partial charge in [0.1, 0.15) is 4.90 Å². The molecule has 0 unspecified atom stereocenters. The number of rotatable bonds is 4. The highest BCUT2D eigenvalue weighted by atomic mass is 32.2. The maximum absolute atomic E-state index is 12.0. The van der Waals surface area contributed by atoms with Gasteiger partial charge < -0.3 is 0 Å². The van der Waals surface area contributed by atoms with E-state index in [2.05, 4.69) is 14.8 Å². The first kappa shape index (κ1) is 12.7. The molecule has 0 fully saturated rings. The minimum absolute atomic E-state index is 0.164. The summed E-state index contributed by atoms with van der Waals surface area (Å²) in [5, 5.41) is 4.01. The van der Waals surface area contributed by atoms with Crippen LogP contribution in [0.15, 0.2) is 35.5 Å². The summed E-state index contributed by atoms with van der Waals surface area (Å²) in [6.45, 7) is 1.83. The molecule has 2 rings (SSSR count). The second-order valence-electron chi connectivity index (χ2n) is 3.90. The van der Waals surface area contributed by atoms with Crippen molar-refractivity contribution in [3.8, 4) is 0 Å². The first-order chi connectivity index (χ1) is 8.49. The Morgan fingerprint density at radius 3 is 2.72 bits per heavy atom. The molecule has 0 bridgehead atoms. The molecule has 18 heavy (non-hydrogen) atoms. The van der Waals surface area contributed by atoms with Crippen molar-refractivity contribution in [1.29, 1.82) is 0 Å². The highest BCUT2D eigenvalue weighted by Gasteiger charge is 2.19. The largest absolute Gasteiger partial charge is 0.274 e. The molecule has 1 N–H and O–H groups in total. The zero-order chi connectivity index (χ0) is 13.2. The monoisotopic (exact) mass is 266 g/mol. The van der Waals surface area contributed by atoms with Crippen LogP contribution >= 0.6 is 0 Å². The van der Waals surface area contributed by atoms with Crippen LogP contribution in [0, 0.1) is 6.92 Å². The van der Waals surface area contributed by atoms with E-state index in [0.717, 1.165) is 0 Å². The summed E-state index contributed by atoms with van der Waals surface area (Å²) >= 11 is 0. The third kappa shape index (κ3) is 2.74. The van der Waals surface area contributed by atoms with E-state index in [1.807, 2.05) is 6.07 Å². The fourth-order valence-electron chi connectivity index (χ4n) is 1.59. The van der Waals surface area contributed by atoms with Crippen LogP contribution in [0.3, 0.4) is 0 Å². The summed E-state index contributed by atoms with van der Waals surface area (Å²) in [6.07, 6.45) is 3.11. The SMILES string of the molecule is Cc1nn(C)cc1S(=O)(=O)NCc1ccccn1. The number of hydrogen-bond donors (Lipinski definition) is 1. The molecular weight excluding hydrogens is 252 g/mol. The Labute approximate surface area is 106 Å². The zero-order valence-corrected chi connectivity index (χ0v) is 11.0. The maximum atomic E-state index is 12.0. The maximum Gasteiger partial charge on any atom is 0.244 e. The Hall–Kier alpha value is -1.73. The lowest BCUT2D eigenvalue weighted by molar-refractivity contribution is 0.579. The molecule has 2 heterocycles. The first-order valence-corrected chi connectivity index (χ1v) is 6.87. The predicted octanol–water partition coefficient (Wildman–Crippen LogP) is 0.602. The second-order valence-corrected chi connectivity index (χ2v) is 5.63. The summed E-state index contributed by atoms with van der Waals surface area (Å²) in [4.78, 5) is 4.25. The fraction of sp³-hybridized carbons (Fsp3) is 0.273. The van der Waals surface area contributed by atoms with Crippen molar-refractivity contribution in [2.24, 2.45) is 7.05 Å². The molecule has 0 saturated heterocycles. The van der Waals surface area contributed by atoms with Gasteiger partial charge in [0.25, 0.3) is 0 Å². The minimum Gasteiger partial charge on any atom is -0.274 e. The molecule has 0 aliphatic rings. The van der Waals surface area contributed by atoms with E-state index in [1.54, 1.807) is 32.3 Å². The predicted molar refractivity (Wildman–Crippen MR) is 66.2 cm³/mol. The fourth-order valence-corrected chi connectivity index (χ4v) is 2.81. The molecule has 0 amide bonds. The topological polar surface area (TPSA) is 76.9 Å². The van der Waals surface area contributed by atoms with Crippen LogP contribution in [-0.2, 0) is 23.6 Å². The van der Waals surface area contributed by atoms with Gasteiger partial charge in [0, 0.05) is 19.4 Å². The molecule has 0 aromatic carbocycles. The van der Waals surface area contributed by atoms with Gasteiger partial charge in [0.2, 0.25) is 10.0 Å². The lowest BCUT2D eigenvalue weighted by Gasteiger charge is -2.04. The van der Waals surface area contributed by atoms with Crippen molar-refractivity contribution in [3.63, 3.8) is 0 Å². The van der Waals surface area contributed by atoms with Gasteiger partial charge in [-0.3, -0.25) is 9.67 Å². The van der Waals surface area contributed by atoms with Gasteiger partial charge in [-0.2, -0.15) is 5.10 Å². The van der Waals surface area contributed by atoms with Crippen LogP contribution in [0.25, 0.3) is 0 Å². The third-order valence-electron chi connectivity index (χ3n) is 2.43. The number of sulfonamides is 1. The minimum atomic E-state index is -3.54. The summed E-state index contributed by atoms with van der Waals surface area (Å²) in [5.41, 5.74) is 1.15. The smallest absolute Gasteiger partial charge is 0.244 e. The Bertz CT molecular complexity index is 634. The van der Waals surface area contributed by atoms with Gasteiger partial charge in [-0.1, -0.05) is 6.07 Å². The molecule has 6 nitrogen and oxygen atoms in total. The van der Waals surface area contributed by atoms with E-state index in [9.17, 15) is 8.42 Å². The molecule has 0 aliphatic carbocycles. The molecule has 7 heteroatoms. The molecular formula is C11H14N4O2S. The van der Waals surface area contributed by atoms with E-state index < -0.39 is 10.0 Å². The first-order valence-electron chi connectivity index (χ1n) is 5.39. The Morgan fingerprint density at radius 1 is 1.39 bits per heavy atom. The van der Waals surface area contributed by atoms with Crippen LogP contribution in [0.5, 0.6) is 0 Å². The van der Waals surface area contributed by atoms with Crippen LogP contribution in [0.2, 0.25) is 0 Å². The van der Waals surface area contributed by atoms with E-state index in [0.29, 0.717) is 11.4 Å². The molecule has 0 atom stereocenters. The highest BCUT2D eigenvalue weighted by molar-refractivity contribution is 7.89. The molecule has 0 spiro atoms. The van der Waals surface area contributed by atoms with Crippen molar-refractivity contribution in [1.82, 2.24) is 19.5 Å². The Balaban J connectivity index is 2.16. The number of aryl methyl sites for hydroxylation is 2. The Kier molecular flexibility index (Phi) is 3.44. The number of hydrogen-bond acceptors (Lipinski definition) is 4. The van der Waals surface area contributed by atoms with Gasteiger partial charge in [0.15, 0.2) is 0 Å². The van der Waals surface area contributed by atoms with Gasteiger partial charge in [-0.25, -0.2) is 13.1 Å². The number of aromatic nitrogens is 3. The van der Waals surface area contributed by atoms with Crippen LogP contribution in [0.1, 0.15) is 11.4 Å². The molecule has 0 saturated carbocycles. The molecule has 0 aliphatic heterocycles. The number of pyridine rings is 1. The molecule has 0 radical (unpaired) electrons. The van der Waals surface area contributed by atoms with Crippen LogP contribution in [0.4, 0.5) is 0 Å². The molecule has 2 aromatic rings. The summed E-state index contributed by atoms with van der Waals surface area (Å²) in [6, 6.07) is 5.35. The van der Waals surface area contributed by atoms with Crippen LogP contribution in [-0.4, -0.2) is 23.2 Å². The highest BCUT2D eigenvalue weighted by Crippen LogP contribution is 2.12. The quantitative estimate of drug-likeness (QED) is 0.879. The number of nitrogens with one attached hydrogen (secondary N) is 1. The zero-order valence-electron chi connectivity index (χ0n) is 10.2. The van der Waals surface area contributed by atoms with E-state index in [1.165, 1.54) is 10.9 Å². The van der Waals surface area contributed by atoms with E-state index in [-0.39, 0.29) is 11.4 Å². The van der Waals surface area contributed by atoms with Gasteiger partial charge in [-0.15, -0.1) is 0 Å². The van der Waals surface area contributed by atoms with Crippen molar-refractivity contribution >= 4 is 10.0 Å². The molecule has 96 valence electrons. The molecule has 2 aromatic heterocycles. The van der Waals surface area contributed by atoms with Gasteiger partial charge in [0.05, 0.1) is 17.9 Å². The average molecular weight is 266 g/mol. The van der Waals surface area contributed by atoms with Crippen molar-refractivity contribution in [2.75, 3.05) is 0 Å². The van der Waals surface area contributed by atoms with Crippen LogP contribution < -0.4 is 4.72 Å². The second kappa shape index (κ2) is 4.87. The van der Waals surface area contributed by atoms with E-state index >= 15 is 0 Å². The lowest BCUT2D eigenvalue weighted by atomic mass is 10.4. The van der Waals surface area contributed by atoms with Crippen molar-refractivity contribution in [3.05, 3.63) is 42.0 Å². The van der Waals surface area contributed by atoms with Crippen molar-refractivity contribution < 1.29 is 8.42 Å².